The van der Waals surface area contributed by atoms with Gasteiger partial charge in [-0.3, -0.25) is 4.79 Å². The summed E-state index contributed by atoms with van der Waals surface area (Å²) in [6.45, 7) is 11.6. The molecule has 0 saturated carbocycles. The molecule has 1 aliphatic heterocycles. The Bertz CT molecular complexity index is 1080. The number of nitrogens with one attached hydrogen (secondary N) is 1. The van der Waals surface area contributed by atoms with Crippen LogP contribution in [0.15, 0.2) is 54.3 Å². The number of halogens is 1. The fourth-order valence-corrected chi connectivity index (χ4v) is 3.87. The Morgan fingerprint density at radius 3 is 2.55 bits per heavy atom. The summed E-state index contributed by atoms with van der Waals surface area (Å²) in [5, 5.41) is 3.33. The molecule has 31 heavy (non-hydrogen) atoms. The molecule has 5 nitrogen and oxygen atoms in total. The molecular formula is C25H31FN2O3. The number of likely N-dealkylation sites (N-methyl/N-ethyl adjacent to an activating group) is 1. The first-order valence-electron chi connectivity index (χ1n) is 10.1. The quantitative estimate of drug-likeness (QED) is 0.461. The van der Waals surface area contributed by atoms with Gasteiger partial charge in [-0.1, -0.05) is 12.6 Å². The molecule has 166 valence electrons. The number of hydrogen-bond donors (Lipinski definition) is 1. The number of ether oxygens (including phenoxy) is 2. The second-order valence-electron chi connectivity index (χ2n) is 8.30. The number of carbonyl (C=O) groups is 1. The second kappa shape index (κ2) is 8.46. The standard InChI is InChI=1S/C25H29FN2O3.H2/c1-8-21(15(2)3)31-14-19-17(18-10-9-16(26)13-22(18)30-7)11-12-20-23(19)28(6)24(29)25(4,5)27-20;/h8-13,27H,1,14H2,2-7H3;1H. The van der Waals surface area contributed by atoms with E-state index >= 15 is 0 Å². The molecule has 0 saturated heterocycles. The Morgan fingerprint density at radius 2 is 1.94 bits per heavy atom. The van der Waals surface area contributed by atoms with Gasteiger partial charge in [0.25, 0.3) is 5.91 Å². The number of benzene rings is 2. The maximum absolute atomic E-state index is 13.8. The topological polar surface area (TPSA) is 50.8 Å². The van der Waals surface area contributed by atoms with E-state index in [1.165, 1.54) is 19.2 Å². The summed E-state index contributed by atoms with van der Waals surface area (Å²) in [7, 11) is 3.26. The molecule has 0 aliphatic carbocycles. The number of allylic oxidation sites excluding steroid dienone is 2. The van der Waals surface area contributed by atoms with E-state index in [9.17, 15) is 9.18 Å². The molecule has 1 heterocycles. The predicted octanol–water partition coefficient (Wildman–Crippen LogP) is 5.91. The highest BCUT2D eigenvalue weighted by atomic mass is 19.1. The minimum atomic E-state index is -0.735. The van der Waals surface area contributed by atoms with Gasteiger partial charge in [-0.2, -0.15) is 0 Å². The Morgan fingerprint density at radius 1 is 1.26 bits per heavy atom. The number of rotatable bonds is 6. The third-order valence-corrected chi connectivity index (χ3v) is 5.41. The lowest BCUT2D eigenvalue weighted by Crippen LogP contribution is -2.52. The minimum absolute atomic E-state index is 0. The zero-order valence-corrected chi connectivity index (χ0v) is 18.9. The molecule has 2 aromatic rings. The number of fused-ring (bicyclic) bond motifs is 1. The smallest absolute Gasteiger partial charge is 0.251 e. The van der Waals surface area contributed by atoms with E-state index < -0.39 is 5.54 Å². The van der Waals surface area contributed by atoms with Crippen molar-refractivity contribution in [2.75, 3.05) is 24.4 Å². The molecular weight excluding hydrogens is 395 g/mol. The summed E-state index contributed by atoms with van der Waals surface area (Å²) >= 11 is 0. The van der Waals surface area contributed by atoms with E-state index in [4.69, 9.17) is 9.47 Å². The maximum Gasteiger partial charge on any atom is 0.251 e. The number of nitrogens with zero attached hydrogens (tertiary/aromatic N) is 1. The van der Waals surface area contributed by atoms with Crippen LogP contribution in [0.5, 0.6) is 5.75 Å². The summed E-state index contributed by atoms with van der Waals surface area (Å²) in [4.78, 5) is 14.7. The van der Waals surface area contributed by atoms with Gasteiger partial charge in [0, 0.05) is 25.7 Å². The number of carbonyl (C=O) groups excluding carboxylic acids is 1. The van der Waals surface area contributed by atoms with Crippen molar-refractivity contribution in [2.24, 2.45) is 0 Å². The van der Waals surface area contributed by atoms with E-state index in [1.54, 1.807) is 24.1 Å². The monoisotopic (exact) mass is 426 g/mol. The van der Waals surface area contributed by atoms with Gasteiger partial charge in [-0.05, 0) is 63.1 Å². The lowest BCUT2D eigenvalue weighted by molar-refractivity contribution is -0.121. The fourth-order valence-electron chi connectivity index (χ4n) is 3.87. The zero-order chi connectivity index (χ0) is 22.9. The van der Waals surface area contributed by atoms with Crippen molar-refractivity contribution in [3.05, 3.63) is 65.7 Å². The van der Waals surface area contributed by atoms with Gasteiger partial charge >= 0.3 is 0 Å². The van der Waals surface area contributed by atoms with Crippen LogP contribution in [-0.4, -0.2) is 25.6 Å². The van der Waals surface area contributed by atoms with Gasteiger partial charge in [-0.25, -0.2) is 4.39 Å². The molecule has 1 N–H and O–H groups in total. The molecule has 1 amide bonds. The molecule has 2 aromatic carbocycles. The van der Waals surface area contributed by atoms with Crippen LogP contribution in [-0.2, 0) is 16.1 Å². The number of methoxy groups -OCH3 is 1. The molecule has 0 radical (unpaired) electrons. The molecule has 6 heteroatoms. The van der Waals surface area contributed by atoms with E-state index in [2.05, 4.69) is 11.9 Å². The van der Waals surface area contributed by atoms with Crippen molar-refractivity contribution in [1.29, 1.82) is 0 Å². The van der Waals surface area contributed by atoms with Gasteiger partial charge in [0.05, 0.1) is 18.5 Å². The number of amides is 1. The lowest BCUT2D eigenvalue weighted by Gasteiger charge is -2.39. The van der Waals surface area contributed by atoms with Crippen LogP contribution in [0.25, 0.3) is 11.1 Å². The summed E-state index contributed by atoms with van der Waals surface area (Å²) in [6, 6.07) is 8.29. The van der Waals surface area contributed by atoms with Crippen LogP contribution in [0.4, 0.5) is 15.8 Å². The molecule has 0 spiro atoms. The first-order valence-corrected chi connectivity index (χ1v) is 10.1. The van der Waals surface area contributed by atoms with Gasteiger partial charge in [0.15, 0.2) is 0 Å². The Kier molecular flexibility index (Phi) is 6.11. The molecule has 0 fully saturated rings. The van der Waals surface area contributed by atoms with Crippen LogP contribution in [0.3, 0.4) is 0 Å². The van der Waals surface area contributed by atoms with Crippen molar-refractivity contribution in [3.8, 4) is 16.9 Å². The van der Waals surface area contributed by atoms with Crippen LogP contribution in [0, 0.1) is 5.82 Å². The van der Waals surface area contributed by atoms with E-state index in [0.29, 0.717) is 17.1 Å². The Hall–Kier alpha value is -3.28. The summed E-state index contributed by atoms with van der Waals surface area (Å²) in [6.07, 6.45) is 1.67. The highest BCUT2D eigenvalue weighted by Gasteiger charge is 2.38. The molecule has 1 aliphatic rings. The first kappa shape index (κ1) is 22.4. The van der Waals surface area contributed by atoms with Gasteiger partial charge in [0.2, 0.25) is 0 Å². The van der Waals surface area contributed by atoms with Gasteiger partial charge < -0.3 is 19.7 Å². The third-order valence-electron chi connectivity index (χ3n) is 5.41. The SMILES string of the molecule is C=CC(OCc1c(-c2ccc(F)cc2OC)ccc2c1N(C)C(=O)C(C)(C)N2)=C(C)C.[HH]. The van der Waals surface area contributed by atoms with Gasteiger partial charge in [-0.15, -0.1) is 0 Å². The summed E-state index contributed by atoms with van der Waals surface area (Å²) in [5.74, 6) is 0.638. The summed E-state index contributed by atoms with van der Waals surface area (Å²) in [5.41, 5.74) is 4.12. The van der Waals surface area contributed by atoms with Crippen molar-refractivity contribution in [2.45, 2.75) is 39.8 Å². The molecule has 0 atom stereocenters. The van der Waals surface area contributed by atoms with Crippen molar-refractivity contribution < 1.29 is 20.1 Å². The normalized spacial score (nSPS) is 14.4. The maximum atomic E-state index is 13.8. The number of anilines is 2. The fraction of sp³-hybridized carbons (Fsp3) is 0.320. The average Bonchev–Trinajstić information content (AvgIpc) is 2.72. The molecule has 0 bridgehead atoms. The molecule has 3 rings (SSSR count). The largest absolute Gasteiger partial charge is 0.496 e. The predicted molar refractivity (Wildman–Crippen MR) is 125 cm³/mol. The van der Waals surface area contributed by atoms with Crippen molar-refractivity contribution >= 4 is 17.3 Å². The second-order valence-corrected chi connectivity index (χ2v) is 8.30. The van der Waals surface area contributed by atoms with Crippen molar-refractivity contribution in [1.82, 2.24) is 0 Å². The van der Waals surface area contributed by atoms with E-state index in [-0.39, 0.29) is 19.8 Å². The van der Waals surface area contributed by atoms with E-state index in [1.807, 2.05) is 39.8 Å². The molecule has 0 unspecified atom stereocenters. The average molecular weight is 427 g/mol. The highest BCUT2D eigenvalue weighted by molar-refractivity contribution is 6.08. The van der Waals surface area contributed by atoms with Crippen LogP contribution < -0.4 is 15.0 Å². The Labute approximate surface area is 184 Å². The van der Waals surface area contributed by atoms with E-state index in [0.717, 1.165) is 28.1 Å². The summed E-state index contributed by atoms with van der Waals surface area (Å²) < 4.78 is 25.4. The van der Waals surface area contributed by atoms with Crippen LogP contribution in [0.2, 0.25) is 0 Å². The van der Waals surface area contributed by atoms with Crippen molar-refractivity contribution in [3.63, 3.8) is 0 Å². The van der Waals surface area contributed by atoms with Crippen LogP contribution >= 0.6 is 0 Å². The Balaban J connectivity index is 0.00000363. The lowest BCUT2D eigenvalue weighted by atomic mass is 9.92. The first-order chi connectivity index (χ1) is 14.6. The highest BCUT2D eigenvalue weighted by Crippen LogP contribution is 2.44. The minimum Gasteiger partial charge on any atom is -0.496 e. The zero-order valence-electron chi connectivity index (χ0n) is 18.9. The van der Waals surface area contributed by atoms with Gasteiger partial charge in [0.1, 0.15) is 29.5 Å². The number of hydrogen-bond acceptors (Lipinski definition) is 4. The molecule has 0 aromatic heterocycles. The third kappa shape index (κ3) is 4.15. The van der Waals surface area contributed by atoms with Crippen LogP contribution in [0.1, 0.15) is 34.7 Å².